The third-order valence-corrected chi connectivity index (χ3v) is 5.08. The minimum Gasteiger partial charge on any atom is -0.368 e. The van der Waals surface area contributed by atoms with Gasteiger partial charge in [-0.1, -0.05) is 12.1 Å². The first-order chi connectivity index (χ1) is 13.5. The van der Waals surface area contributed by atoms with Crippen molar-refractivity contribution in [3.8, 4) is 11.1 Å². The van der Waals surface area contributed by atoms with E-state index in [9.17, 15) is 9.18 Å². The lowest BCUT2D eigenvalue weighted by molar-refractivity contribution is 0.0690. The number of nitrogens with zero attached hydrogens (tertiary/aromatic N) is 5. The molecule has 0 radical (unpaired) electrons. The second kappa shape index (κ2) is 7.38. The second-order valence-electron chi connectivity index (χ2n) is 6.99. The van der Waals surface area contributed by atoms with E-state index < -0.39 is 0 Å². The first kappa shape index (κ1) is 18.1. The maximum absolute atomic E-state index is 13.7. The minimum absolute atomic E-state index is 0.0125. The molecule has 0 spiro atoms. The van der Waals surface area contributed by atoms with Crippen molar-refractivity contribution < 1.29 is 9.18 Å². The van der Waals surface area contributed by atoms with Gasteiger partial charge in [0.1, 0.15) is 5.82 Å². The summed E-state index contributed by atoms with van der Waals surface area (Å²) < 4.78 is 15.5. The lowest BCUT2D eigenvalue weighted by Gasteiger charge is -2.33. The molecule has 1 saturated heterocycles. The zero-order valence-electron chi connectivity index (χ0n) is 15.5. The number of hydrogen-bond acceptors (Lipinski definition) is 5. The van der Waals surface area contributed by atoms with E-state index in [0.717, 1.165) is 24.1 Å². The maximum Gasteiger partial charge on any atom is 0.289 e. The van der Waals surface area contributed by atoms with E-state index in [1.165, 1.54) is 12.1 Å². The van der Waals surface area contributed by atoms with Crippen molar-refractivity contribution >= 4 is 11.9 Å². The summed E-state index contributed by atoms with van der Waals surface area (Å²) >= 11 is 0. The van der Waals surface area contributed by atoms with Crippen LogP contribution in [-0.2, 0) is 7.05 Å². The average Bonchev–Trinajstić information content (AvgIpc) is 3.13. The van der Waals surface area contributed by atoms with Gasteiger partial charge in [-0.3, -0.25) is 4.79 Å². The van der Waals surface area contributed by atoms with E-state index in [1.807, 2.05) is 6.07 Å². The van der Waals surface area contributed by atoms with Crippen molar-refractivity contribution in [3.05, 3.63) is 60.2 Å². The van der Waals surface area contributed by atoms with Crippen molar-refractivity contribution in [2.45, 2.75) is 18.8 Å². The molecule has 1 unspecified atom stereocenters. The van der Waals surface area contributed by atoms with Crippen LogP contribution in [0.5, 0.6) is 0 Å². The minimum atomic E-state index is -0.324. The summed E-state index contributed by atoms with van der Waals surface area (Å²) in [4.78, 5) is 27.4. The predicted octanol–water partition coefficient (Wildman–Crippen LogP) is 2.62. The van der Waals surface area contributed by atoms with Gasteiger partial charge in [-0.05, 0) is 30.5 Å². The van der Waals surface area contributed by atoms with Gasteiger partial charge in [0.2, 0.25) is 5.95 Å². The SMILES string of the molecule is Cn1ccnc1C(=O)N1CCCC(c2nc(N)ncc2-c2cccc(F)c2)C1. The van der Waals surface area contributed by atoms with E-state index >= 15 is 0 Å². The van der Waals surface area contributed by atoms with Gasteiger partial charge in [0.15, 0.2) is 5.82 Å². The molecule has 1 fully saturated rings. The van der Waals surface area contributed by atoms with Crippen LogP contribution in [0.25, 0.3) is 11.1 Å². The Labute approximate surface area is 162 Å². The molecule has 1 atom stereocenters. The third-order valence-electron chi connectivity index (χ3n) is 5.08. The molecule has 3 heterocycles. The number of benzene rings is 1. The zero-order chi connectivity index (χ0) is 19.7. The topological polar surface area (TPSA) is 89.9 Å². The monoisotopic (exact) mass is 380 g/mol. The third kappa shape index (κ3) is 3.45. The summed E-state index contributed by atoms with van der Waals surface area (Å²) in [7, 11) is 1.80. The van der Waals surface area contributed by atoms with Crippen LogP contribution < -0.4 is 5.73 Å². The number of imidazole rings is 1. The standard InChI is InChI=1S/C20H21FN6O/c1-26-9-7-23-18(26)19(28)27-8-3-5-14(12-27)17-16(11-24-20(22)25-17)13-4-2-6-15(21)10-13/h2,4,6-7,9-11,14H,3,5,8,12H2,1H3,(H2,22,24,25). The Hall–Kier alpha value is -3.29. The van der Waals surface area contributed by atoms with E-state index in [-0.39, 0.29) is 23.6 Å². The predicted molar refractivity (Wildman–Crippen MR) is 103 cm³/mol. The van der Waals surface area contributed by atoms with Crippen LogP contribution in [0.15, 0.2) is 42.9 Å². The van der Waals surface area contributed by atoms with Crippen LogP contribution in [0, 0.1) is 5.82 Å². The molecular weight excluding hydrogens is 359 g/mol. The van der Waals surface area contributed by atoms with Crippen LogP contribution in [0.1, 0.15) is 35.1 Å². The average molecular weight is 380 g/mol. The Balaban J connectivity index is 1.66. The molecule has 8 heteroatoms. The molecule has 2 N–H and O–H groups in total. The van der Waals surface area contributed by atoms with Crippen molar-refractivity contribution in [2.75, 3.05) is 18.8 Å². The van der Waals surface area contributed by atoms with E-state index in [4.69, 9.17) is 5.73 Å². The van der Waals surface area contributed by atoms with Crippen LogP contribution in [0.4, 0.5) is 10.3 Å². The lowest BCUT2D eigenvalue weighted by Crippen LogP contribution is -2.40. The molecule has 0 aliphatic carbocycles. The number of carbonyl (C=O) groups is 1. The molecule has 3 aromatic rings. The summed E-state index contributed by atoms with van der Waals surface area (Å²) in [6.07, 6.45) is 6.70. The number of rotatable bonds is 3. The summed E-state index contributed by atoms with van der Waals surface area (Å²) in [5, 5.41) is 0. The molecule has 2 aromatic heterocycles. The molecule has 4 rings (SSSR count). The summed E-state index contributed by atoms with van der Waals surface area (Å²) in [6, 6.07) is 6.33. The molecule has 144 valence electrons. The van der Waals surface area contributed by atoms with Gasteiger partial charge < -0.3 is 15.2 Å². The van der Waals surface area contributed by atoms with Gasteiger partial charge in [-0.2, -0.15) is 0 Å². The highest BCUT2D eigenvalue weighted by Gasteiger charge is 2.30. The van der Waals surface area contributed by atoms with Gasteiger partial charge in [0.05, 0.1) is 5.69 Å². The van der Waals surface area contributed by atoms with Crippen molar-refractivity contribution in [1.29, 1.82) is 0 Å². The van der Waals surface area contributed by atoms with Gasteiger partial charge in [0.25, 0.3) is 5.91 Å². The second-order valence-corrected chi connectivity index (χ2v) is 6.99. The molecule has 0 bridgehead atoms. The molecular formula is C20H21FN6O. The van der Waals surface area contributed by atoms with Crippen LogP contribution in [-0.4, -0.2) is 43.4 Å². The van der Waals surface area contributed by atoms with Gasteiger partial charge in [-0.25, -0.2) is 19.3 Å². The largest absolute Gasteiger partial charge is 0.368 e. The highest BCUT2D eigenvalue weighted by atomic mass is 19.1. The number of piperidine rings is 1. The van der Waals surface area contributed by atoms with Crippen LogP contribution >= 0.6 is 0 Å². The highest BCUT2D eigenvalue weighted by molar-refractivity contribution is 5.91. The van der Waals surface area contributed by atoms with Gasteiger partial charge in [-0.15, -0.1) is 0 Å². The lowest BCUT2D eigenvalue weighted by atomic mass is 9.90. The molecule has 0 saturated carbocycles. The number of likely N-dealkylation sites (tertiary alicyclic amines) is 1. The normalized spacial score (nSPS) is 16.9. The Morgan fingerprint density at radius 1 is 1.32 bits per heavy atom. The van der Waals surface area contributed by atoms with E-state index in [0.29, 0.717) is 24.5 Å². The number of halogens is 1. The fourth-order valence-electron chi connectivity index (χ4n) is 3.70. The highest BCUT2D eigenvalue weighted by Crippen LogP contribution is 2.33. The number of nitrogens with two attached hydrogens (primary N) is 1. The summed E-state index contributed by atoms with van der Waals surface area (Å²) in [5.74, 6) is 0.138. The number of anilines is 1. The Bertz CT molecular complexity index is 1020. The van der Waals surface area contributed by atoms with E-state index in [2.05, 4.69) is 15.0 Å². The molecule has 28 heavy (non-hydrogen) atoms. The Kier molecular flexibility index (Phi) is 4.77. The number of amides is 1. The number of aromatic nitrogens is 4. The molecule has 7 nitrogen and oxygen atoms in total. The molecule has 1 aromatic carbocycles. The number of aryl methyl sites for hydroxylation is 1. The Morgan fingerprint density at radius 3 is 2.93 bits per heavy atom. The first-order valence-corrected chi connectivity index (χ1v) is 9.18. The number of nitrogen functional groups attached to an aromatic ring is 1. The molecule has 1 amide bonds. The van der Waals surface area contributed by atoms with Crippen molar-refractivity contribution in [1.82, 2.24) is 24.4 Å². The maximum atomic E-state index is 13.7. The molecule has 1 aliphatic rings. The Morgan fingerprint density at radius 2 is 2.18 bits per heavy atom. The first-order valence-electron chi connectivity index (χ1n) is 9.18. The van der Waals surface area contributed by atoms with Crippen molar-refractivity contribution in [3.63, 3.8) is 0 Å². The van der Waals surface area contributed by atoms with Crippen molar-refractivity contribution in [2.24, 2.45) is 7.05 Å². The van der Waals surface area contributed by atoms with E-state index in [1.54, 1.807) is 41.2 Å². The number of carbonyl (C=O) groups excluding carboxylic acids is 1. The fourth-order valence-corrected chi connectivity index (χ4v) is 3.70. The fraction of sp³-hybridized carbons (Fsp3) is 0.300. The smallest absolute Gasteiger partial charge is 0.289 e. The summed E-state index contributed by atoms with van der Waals surface area (Å²) in [5.41, 5.74) is 8.03. The van der Waals surface area contributed by atoms with Crippen LogP contribution in [0.3, 0.4) is 0 Å². The summed E-state index contributed by atoms with van der Waals surface area (Å²) in [6.45, 7) is 1.17. The quantitative estimate of drug-likeness (QED) is 0.754. The molecule has 1 aliphatic heterocycles. The number of hydrogen-bond donors (Lipinski definition) is 1. The van der Waals surface area contributed by atoms with Gasteiger partial charge in [0, 0.05) is 50.2 Å². The zero-order valence-corrected chi connectivity index (χ0v) is 15.5. The van der Waals surface area contributed by atoms with Crippen LogP contribution in [0.2, 0.25) is 0 Å². The van der Waals surface area contributed by atoms with Gasteiger partial charge >= 0.3 is 0 Å².